The number of rotatable bonds is 6. The molecule has 1 fully saturated rings. The van der Waals surface area contributed by atoms with Crippen molar-refractivity contribution in [3.8, 4) is 0 Å². The van der Waals surface area contributed by atoms with Gasteiger partial charge in [0.1, 0.15) is 11.6 Å². The summed E-state index contributed by atoms with van der Waals surface area (Å²) >= 11 is 0. The van der Waals surface area contributed by atoms with Gasteiger partial charge >= 0.3 is 0 Å². The van der Waals surface area contributed by atoms with Crippen molar-refractivity contribution in [1.82, 2.24) is 4.98 Å². The van der Waals surface area contributed by atoms with E-state index < -0.39 is 17.8 Å². The summed E-state index contributed by atoms with van der Waals surface area (Å²) in [5.41, 5.74) is 7.40. The summed E-state index contributed by atoms with van der Waals surface area (Å²) in [6.45, 7) is 5.29. The van der Waals surface area contributed by atoms with Crippen molar-refractivity contribution >= 4 is 23.2 Å². The number of nitrogens with zero attached hydrogens (tertiary/aromatic N) is 3. The number of piperidine rings is 1. The number of hydrogen-bond acceptors (Lipinski definition) is 5. The molecule has 1 unspecified atom stereocenters. The van der Waals surface area contributed by atoms with Crippen LogP contribution in [0.25, 0.3) is 0 Å². The van der Waals surface area contributed by atoms with Crippen molar-refractivity contribution < 1.29 is 14.0 Å². The molecule has 0 saturated carbocycles. The summed E-state index contributed by atoms with van der Waals surface area (Å²) in [5.74, 6) is -0.00444. The lowest BCUT2D eigenvalue weighted by Gasteiger charge is -2.27. The van der Waals surface area contributed by atoms with E-state index in [2.05, 4.69) is 20.4 Å². The lowest BCUT2D eigenvalue weighted by molar-refractivity contribution is -0.126. The van der Waals surface area contributed by atoms with Crippen LogP contribution in [0.5, 0.6) is 0 Å². The Morgan fingerprint density at radius 3 is 2.69 bits per heavy atom. The number of aromatic nitrogens is 1. The van der Waals surface area contributed by atoms with E-state index in [9.17, 15) is 9.18 Å². The molecule has 1 aliphatic rings. The standard InChI is InChI=1S/C21H26FN5O2/c1-14-6-8-18(17(22)12-14)25-21(28)15(2)29-26-20(23)16-7-9-19(24-13-16)27-10-4-3-5-11-27/h6-9,12-13,15H,3-5,10-11H2,1-2H3,(H2,23,26)(H,25,28). The number of amidine groups is 1. The molecule has 1 atom stereocenters. The van der Waals surface area contributed by atoms with Crippen molar-refractivity contribution in [1.29, 1.82) is 0 Å². The summed E-state index contributed by atoms with van der Waals surface area (Å²) in [4.78, 5) is 24.1. The quantitative estimate of drug-likeness (QED) is 0.442. The van der Waals surface area contributed by atoms with Gasteiger partial charge in [-0.25, -0.2) is 9.37 Å². The SMILES string of the molecule is Cc1ccc(NC(=O)C(C)O/N=C(/N)c2ccc(N3CCCCC3)nc2)c(F)c1. The van der Waals surface area contributed by atoms with Gasteiger partial charge in [-0.05, 0) is 62.9 Å². The zero-order valence-corrected chi connectivity index (χ0v) is 16.7. The molecular formula is C21H26FN5O2. The summed E-state index contributed by atoms with van der Waals surface area (Å²) in [7, 11) is 0. The van der Waals surface area contributed by atoms with Crippen LogP contribution in [0.15, 0.2) is 41.7 Å². The number of hydrogen-bond donors (Lipinski definition) is 2. The molecule has 7 nitrogen and oxygen atoms in total. The minimum atomic E-state index is -0.949. The smallest absolute Gasteiger partial charge is 0.268 e. The van der Waals surface area contributed by atoms with Crippen LogP contribution in [0.4, 0.5) is 15.9 Å². The van der Waals surface area contributed by atoms with Gasteiger partial charge < -0.3 is 20.8 Å². The van der Waals surface area contributed by atoms with Crippen molar-refractivity contribution in [3.63, 3.8) is 0 Å². The molecule has 154 valence electrons. The third-order valence-electron chi connectivity index (χ3n) is 4.78. The summed E-state index contributed by atoms with van der Waals surface area (Å²) in [6, 6.07) is 8.28. The van der Waals surface area contributed by atoms with Crippen LogP contribution in [0.3, 0.4) is 0 Å². The second-order valence-corrected chi connectivity index (χ2v) is 7.15. The summed E-state index contributed by atoms with van der Waals surface area (Å²) in [6.07, 6.45) is 4.29. The number of carbonyl (C=O) groups excluding carboxylic acids is 1. The zero-order chi connectivity index (χ0) is 20.8. The maximum absolute atomic E-state index is 13.9. The Morgan fingerprint density at radius 1 is 1.28 bits per heavy atom. The highest BCUT2D eigenvalue weighted by molar-refractivity contribution is 5.97. The van der Waals surface area contributed by atoms with Crippen LogP contribution in [-0.4, -0.2) is 35.9 Å². The molecule has 1 saturated heterocycles. The number of aryl methyl sites for hydroxylation is 1. The normalized spacial score (nSPS) is 15.7. The van der Waals surface area contributed by atoms with Crippen LogP contribution in [0.1, 0.15) is 37.3 Å². The van der Waals surface area contributed by atoms with Crippen LogP contribution >= 0.6 is 0 Å². The molecule has 8 heteroatoms. The van der Waals surface area contributed by atoms with E-state index in [1.54, 1.807) is 19.2 Å². The number of carbonyl (C=O) groups is 1. The molecule has 0 spiro atoms. The van der Waals surface area contributed by atoms with Crippen LogP contribution in [-0.2, 0) is 9.63 Å². The largest absolute Gasteiger partial charge is 0.381 e. The number of amides is 1. The number of nitrogens with one attached hydrogen (secondary N) is 1. The number of nitrogens with two attached hydrogens (primary N) is 1. The summed E-state index contributed by atoms with van der Waals surface area (Å²) < 4.78 is 13.9. The fraction of sp³-hybridized carbons (Fsp3) is 0.381. The Bertz CT molecular complexity index is 879. The number of pyridine rings is 1. The molecule has 1 aromatic heterocycles. The van der Waals surface area contributed by atoms with Crippen LogP contribution < -0.4 is 16.0 Å². The molecule has 29 heavy (non-hydrogen) atoms. The fourth-order valence-corrected chi connectivity index (χ4v) is 3.04. The van der Waals surface area contributed by atoms with Gasteiger partial charge in [0.15, 0.2) is 5.84 Å². The molecule has 2 aromatic rings. The highest BCUT2D eigenvalue weighted by Crippen LogP contribution is 2.18. The molecule has 1 aromatic carbocycles. The van der Waals surface area contributed by atoms with E-state index in [1.165, 1.54) is 38.3 Å². The fourth-order valence-electron chi connectivity index (χ4n) is 3.04. The van der Waals surface area contributed by atoms with Gasteiger partial charge in [-0.2, -0.15) is 0 Å². The highest BCUT2D eigenvalue weighted by atomic mass is 19.1. The van der Waals surface area contributed by atoms with E-state index >= 15 is 0 Å². The Hall–Kier alpha value is -3.16. The van der Waals surface area contributed by atoms with Gasteiger partial charge in [-0.1, -0.05) is 11.2 Å². The van der Waals surface area contributed by atoms with Gasteiger partial charge in [-0.3, -0.25) is 4.79 Å². The lowest BCUT2D eigenvalue weighted by Crippen LogP contribution is -2.30. The predicted molar refractivity (Wildman–Crippen MR) is 111 cm³/mol. The predicted octanol–water partition coefficient (Wildman–Crippen LogP) is 3.18. The van der Waals surface area contributed by atoms with Gasteiger partial charge in [0, 0.05) is 24.8 Å². The molecular weight excluding hydrogens is 373 g/mol. The van der Waals surface area contributed by atoms with E-state index in [-0.39, 0.29) is 11.5 Å². The molecule has 3 N–H and O–H groups in total. The van der Waals surface area contributed by atoms with Gasteiger partial charge in [0.25, 0.3) is 5.91 Å². The van der Waals surface area contributed by atoms with E-state index in [1.807, 2.05) is 12.1 Å². The van der Waals surface area contributed by atoms with E-state index in [0.29, 0.717) is 5.56 Å². The van der Waals surface area contributed by atoms with Gasteiger partial charge in [0.2, 0.25) is 6.10 Å². The first-order valence-corrected chi connectivity index (χ1v) is 9.71. The molecule has 0 radical (unpaired) electrons. The average Bonchev–Trinajstić information content (AvgIpc) is 2.74. The second kappa shape index (κ2) is 9.36. The third kappa shape index (κ3) is 5.43. The lowest BCUT2D eigenvalue weighted by atomic mass is 10.1. The molecule has 0 bridgehead atoms. The van der Waals surface area contributed by atoms with E-state index in [0.717, 1.165) is 24.5 Å². The number of benzene rings is 1. The number of halogens is 1. The first-order chi connectivity index (χ1) is 13.9. The Balaban J connectivity index is 1.57. The molecule has 0 aliphatic carbocycles. The molecule has 1 amide bonds. The Labute approximate surface area is 169 Å². The topological polar surface area (TPSA) is 92.8 Å². The zero-order valence-electron chi connectivity index (χ0n) is 16.7. The van der Waals surface area contributed by atoms with Crippen molar-refractivity contribution in [3.05, 3.63) is 53.5 Å². The van der Waals surface area contributed by atoms with Gasteiger partial charge in [0.05, 0.1) is 5.69 Å². The molecule has 3 rings (SSSR count). The second-order valence-electron chi connectivity index (χ2n) is 7.15. The molecule has 2 heterocycles. The first-order valence-electron chi connectivity index (χ1n) is 9.71. The van der Waals surface area contributed by atoms with Crippen LogP contribution in [0.2, 0.25) is 0 Å². The maximum Gasteiger partial charge on any atom is 0.268 e. The number of oxime groups is 1. The van der Waals surface area contributed by atoms with Gasteiger partial charge in [-0.15, -0.1) is 0 Å². The number of anilines is 2. The van der Waals surface area contributed by atoms with Crippen molar-refractivity contribution in [2.75, 3.05) is 23.3 Å². The Kier molecular flexibility index (Phi) is 6.64. The highest BCUT2D eigenvalue weighted by Gasteiger charge is 2.17. The Morgan fingerprint density at radius 2 is 2.03 bits per heavy atom. The third-order valence-corrected chi connectivity index (χ3v) is 4.78. The average molecular weight is 399 g/mol. The summed E-state index contributed by atoms with van der Waals surface area (Å²) in [5, 5.41) is 6.30. The van der Waals surface area contributed by atoms with Crippen molar-refractivity contribution in [2.45, 2.75) is 39.2 Å². The van der Waals surface area contributed by atoms with E-state index in [4.69, 9.17) is 10.6 Å². The van der Waals surface area contributed by atoms with Crippen molar-refractivity contribution in [2.24, 2.45) is 10.9 Å². The van der Waals surface area contributed by atoms with Crippen LogP contribution in [0, 0.1) is 12.7 Å². The molecule has 1 aliphatic heterocycles. The monoisotopic (exact) mass is 399 g/mol. The maximum atomic E-state index is 13.9. The first kappa shape index (κ1) is 20.6. The minimum Gasteiger partial charge on any atom is -0.381 e. The minimum absolute atomic E-state index is 0.0884.